The zero-order valence-corrected chi connectivity index (χ0v) is 30.1. The topological polar surface area (TPSA) is 105 Å². The summed E-state index contributed by atoms with van der Waals surface area (Å²) in [4.78, 5) is 50.9. The number of unbranched alkanes of at least 4 members (excludes halogenated alkanes) is 6. The molecule has 8 nitrogen and oxygen atoms in total. The Hall–Kier alpha value is -3.46. The van der Waals surface area contributed by atoms with Crippen LogP contribution in [0.4, 0.5) is 0 Å². The molecule has 281 valence electrons. The van der Waals surface area contributed by atoms with Gasteiger partial charge < -0.3 is 18.9 Å². The lowest BCUT2D eigenvalue weighted by Gasteiger charge is -2.23. The van der Waals surface area contributed by atoms with Crippen molar-refractivity contribution in [1.82, 2.24) is 0 Å². The lowest BCUT2D eigenvalue weighted by Crippen LogP contribution is -2.29. The van der Waals surface area contributed by atoms with Gasteiger partial charge in [0.15, 0.2) is 0 Å². The van der Waals surface area contributed by atoms with E-state index in [9.17, 15) is 19.2 Å². The first-order chi connectivity index (χ1) is 23.2. The maximum absolute atomic E-state index is 13.3. The predicted molar refractivity (Wildman–Crippen MR) is 205 cm³/mol. The van der Waals surface area contributed by atoms with E-state index < -0.39 is 36.2 Å². The minimum Gasteiger partial charge on any atom is -0.462 e. The molecule has 4 unspecified atom stereocenters. The maximum Gasteiger partial charge on any atom is 0.309 e. The smallest absolute Gasteiger partial charge is 0.309 e. The van der Waals surface area contributed by atoms with Gasteiger partial charge in [0, 0.05) is 23.4 Å². The summed E-state index contributed by atoms with van der Waals surface area (Å²) in [6, 6.07) is 10.0. The molecule has 9 heteroatoms. The number of esters is 3. The zero-order valence-electron chi connectivity index (χ0n) is 30.1. The second-order valence-electron chi connectivity index (χ2n) is 12.5. The number of hydrogen-bond acceptors (Lipinski definition) is 8. The van der Waals surface area contributed by atoms with Gasteiger partial charge in [0.05, 0.1) is 25.4 Å². The van der Waals surface area contributed by atoms with Crippen LogP contribution in [0.1, 0.15) is 130 Å². The van der Waals surface area contributed by atoms with Crippen molar-refractivity contribution in [3.05, 3.63) is 73.9 Å². The molecule has 4 atom stereocenters. The highest BCUT2D eigenvalue weighted by atomic mass is 16.6. The van der Waals surface area contributed by atoms with Gasteiger partial charge in [-0.3, -0.25) is 19.2 Å². The Kier molecular flexibility index (Phi) is 30.7. The summed E-state index contributed by atoms with van der Waals surface area (Å²) in [5, 5.41) is 0. The molecule has 0 aromatic heterocycles. The monoisotopic (exact) mass is 698 g/mol. The Morgan fingerprint density at radius 2 is 1.06 bits per heavy atom. The van der Waals surface area contributed by atoms with E-state index in [1.165, 1.54) is 12.5 Å². The fourth-order valence-electron chi connectivity index (χ4n) is 5.44. The van der Waals surface area contributed by atoms with Gasteiger partial charge in [-0.1, -0.05) is 68.8 Å². The lowest BCUT2D eigenvalue weighted by molar-refractivity contribution is -0.162. The summed E-state index contributed by atoms with van der Waals surface area (Å²) in [6.45, 7) is 12.7. The Balaban J connectivity index is -0.00000768. The first-order valence-electron chi connectivity index (χ1n) is 17.7. The van der Waals surface area contributed by atoms with E-state index in [1.807, 2.05) is 42.5 Å². The molecule has 0 saturated carbocycles. The van der Waals surface area contributed by atoms with Crippen LogP contribution in [-0.4, -0.2) is 63.6 Å². The fraction of sp³-hybridized carbons (Fsp3) is 0.610. The second-order valence-corrected chi connectivity index (χ2v) is 12.5. The van der Waals surface area contributed by atoms with Crippen LogP contribution >= 0.6 is 0 Å². The van der Waals surface area contributed by atoms with Crippen LogP contribution in [0.25, 0.3) is 0 Å². The van der Waals surface area contributed by atoms with Crippen LogP contribution in [0.5, 0.6) is 0 Å². The van der Waals surface area contributed by atoms with Gasteiger partial charge in [0.1, 0.15) is 24.1 Å². The largest absolute Gasteiger partial charge is 0.462 e. The number of Topliss-reactive ketones (excluding diaryl/α,β-unsaturated/α-hetero) is 1. The van der Waals surface area contributed by atoms with Crippen molar-refractivity contribution in [2.45, 2.75) is 154 Å². The lowest BCUT2D eigenvalue weighted by atomic mass is 10.0. The molecule has 3 radical (unpaired) electrons. The van der Waals surface area contributed by atoms with Crippen molar-refractivity contribution in [2.75, 3.05) is 7.11 Å². The van der Waals surface area contributed by atoms with Gasteiger partial charge in [-0.05, 0) is 89.5 Å². The number of benzene rings is 1. The first-order valence-corrected chi connectivity index (χ1v) is 17.7. The van der Waals surface area contributed by atoms with Gasteiger partial charge >= 0.3 is 17.9 Å². The van der Waals surface area contributed by atoms with Gasteiger partial charge in [0.25, 0.3) is 0 Å². The van der Waals surface area contributed by atoms with E-state index in [-0.39, 0.29) is 54.8 Å². The number of ether oxygens (including phenoxy) is 4. The predicted octanol–water partition coefficient (Wildman–Crippen LogP) is 9.26. The van der Waals surface area contributed by atoms with Crippen molar-refractivity contribution in [3.63, 3.8) is 0 Å². The van der Waals surface area contributed by atoms with Crippen molar-refractivity contribution in [2.24, 2.45) is 0 Å². The normalized spacial score (nSPS) is 12.8. The third-order valence-electron chi connectivity index (χ3n) is 8.09. The third kappa shape index (κ3) is 25.5. The van der Waals surface area contributed by atoms with Crippen LogP contribution < -0.4 is 0 Å². The Bertz CT molecular complexity index is 1100. The van der Waals surface area contributed by atoms with Gasteiger partial charge in [-0.2, -0.15) is 0 Å². The molecule has 0 N–H and O–H groups in total. The van der Waals surface area contributed by atoms with E-state index >= 15 is 0 Å². The van der Waals surface area contributed by atoms with Crippen molar-refractivity contribution < 1.29 is 39.6 Å². The second kappa shape index (κ2) is 31.5. The Labute approximate surface area is 306 Å². The molecule has 0 heterocycles. The Morgan fingerprint density at radius 1 is 0.620 bits per heavy atom. The van der Waals surface area contributed by atoms with E-state index in [2.05, 4.69) is 19.7 Å². The van der Waals surface area contributed by atoms with E-state index in [0.29, 0.717) is 32.1 Å². The summed E-state index contributed by atoms with van der Waals surface area (Å²) in [6.07, 6.45) is 13.9. The average molecular weight is 699 g/mol. The van der Waals surface area contributed by atoms with Crippen molar-refractivity contribution in [1.29, 1.82) is 0 Å². The minimum absolute atomic E-state index is 0. The molecule has 0 spiro atoms. The van der Waals surface area contributed by atoms with Crippen LogP contribution in [0.2, 0.25) is 0 Å². The number of carbonyl (C=O) groups excluding carboxylic acids is 4. The van der Waals surface area contributed by atoms with Gasteiger partial charge in [-0.15, -0.1) is 19.7 Å². The molecule has 0 fully saturated rings. The first kappa shape index (κ1) is 48.7. The molecule has 0 aliphatic heterocycles. The number of hydrogen-bond donors (Lipinski definition) is 0. The molecule has 0 aliphatic carbocycles. The molecule has 1 rings (SSSR count). The number of rotatable bonds is 30. The van der Waals surface area contributed by atoms with E-state index in [4.69, 9.17) is 18.9 Å². The summed E-state index contributed by atoms with van der Waals surface area (Å²) in [5.41, 5.74) is 1.17. The number of ketones is 1. The number of carbonyl (C=O) groups is 4. The molecule has 0 saturated heterocycles. The van der Waals surface area contributed by atoms with Crippen molar-refractivity contribution in [3.8, 4) is 0 Å². The fourth-order valence-corrected chi connectivity index (χ4v) is 5.44. The summed E-state index contributed by atoms with van der Waals surface area (Å²) < 4.78 is 22.9. The number of allylic oxidation sites excluding steroid dienone is 3. The van der Waals surface area contributed by atoms with E-state index in [0.717, 1.165) is 57.8 Å². The maximum atomic E-state index is 13.3. The quantitative estimate of drug-likeness (QED) is 0.0258. The SMILES string of the molecule is C.C=CCCCCCCC(CC(=O)OC(CCCCC=C)CC(=O)OC(CCC=C)CC(C)=O)OC(=O)CC(CCc1ccccc1)OC.[2HH].[B]. The Morgan fingerprint density at radius 3 is 1.54 bits per heavy atom. The standard InChI is InChI=1S/C40H60O8.CH4.B.H2/c1-6-9-12-14-15-20-25-37(47-38(42)29-34(45-5)27-26-33-21-17-16-18-22-33)31-40(44)48-36(24-19-13-10-7-2)30-39(43)46-35(23-11-8-3)28-32(4)41;;;/h6-8,16-18,21-22,34-37H,1-3,9-15,19-20,23-31H2,4-5H3;1H4;;1H/i;;;1+1. The molecule has 0 bridgehead atoms. The van der Waals surface area contributed by atoms with Crippen LogP contribution in [0.3, 0.4) is 0 Å². The molecule has 50 heavy (non-hydrogen) atoms. The zero-order chi connectivity index (χ0) is 35.4. The van der Waals surface area contributed by atoms with Crippen LogP contribution in [0.15, 0.2) is 68.3 Å². The summed E-state index contributed by atoms with van der Waals surface area (Å²) in [5.74, 6) is -1.53. The molecule has 0 aliphatic rings. The van der Waals surface area contributed by atoms with Crippen LogP contribution in [-0.2, 0) is 44.5 Å². The third-order valence-corrected chi connectivity index (χ3v) is 8.09. The molecule has 1 aromatic carbocycles. The average Bonchev–Trinajstić information content (AvgIpc) is 3.05. The highest BCUT2D eigenvalue weighted by Gasteiger charge is 2.26. The minimum atomic E-state index is -0.696. The summed E-state index contributed by atoms with van der Waals surface area (Å²) >= 11 is 0. The molecular weight excluding hydrogens is 631 g/mol. The molecular formula is C41H66BO8. The van der Waals surface area contributed by atoms with E-state index in [1.54, 1.807) is 13.2 Å². The molecule has 1 aromatic rings. The van der Waals surface area contributed by atoms with Crippen LogP contribution in [0, 0.1) is 0 Å². The highest BCUT2D eigenvalue weighted by Crippen LogP contribution is 2.20. The molecule has 0 amide bonds. The van der Waals surface area contributed by atoms with Crippen molar-refractivity contribution >= 4 is 32.1 Å². The summed E-state index contributed by atoms with van der Waals surface area (Å²) in [7, 11) is 1.59. The highest BCUT2D eigenvalue weighted by molar-refractivity contribution is 5.77. The van der Waals surface area contributed by atoms with Gasteiger partial charge in [-0.25, -0.2) is 0 Å². The van der Waals surface area contributed by atoms with Gasteiger partial charge in [0.2, 0.25) is 0 Å². The number of aryl methyl sites for hydroxylation is 1. The number of methoxy groups -OCH3 is 1.